The van der Waals surface area contributed by atoms with Crippen molar-refractivity contribution in [3.63, 3.8) is 0 Å². The molecule has 0 aliphatic rings. The Bertz CT molecular complexity index is 288. The van der Waals surface area contributed by atoms with Crippen molar-refractivity contribution < 1.29 is 4.79 Å². The van der Waals surface area contributed by atoms with E-state index in [0.717, 1.165) is 6.42 Å². The predicted octanol–water partition coefficient (Wildman–Crippen LogP) is 1.80. The molecule has 0 saturated heterocycles. The van der Waals surface area contributed by atoms with Gasteiger partial charge in [0.1, 0.15) is 5.51 Å². The van der Waals surface area contributed by atoms with Crippen molar-refractivity contribution in [3.05, 3.63) is 5.51 Å². The average Bonchev–Trinajstić information content (AvgIpc) is 2.68. The van der Waals surface area contributed by atoms with E-state index in [4.69, 9.17) is 0 Å². The molecule has 1 atom stereocenters. The third-order valence-corrected chi connectivity index (χ3v) is 2.75. The lowest BCUT2D eigenvalue weighted by molar-refractivity contribution is 0.206. The van der Waals surface area contributed by atoms with E-state index in [9.17, 15) is 4.79 Å². The molecule has 14 heavy (non-hydrogen) atoms. The van der Waals surface area contributed by atoms with Crippen molar-refractivity contribution in [2.45, 2.75) is 26.3 Å². The van der Waals surface area contributed by atoms with Gasteiger partial charge in [0.05, 0.1) is 0 Å². The van der Waals surface area contributed by atoms with Crippen LogP contribution in [-0.4, -0.2) is 34.2 Å². The van der Waals surface area contributed by atoms with E-state index in [2.05, 4.69) is 15.5 Å². The van der Waals surface area contributed by atoms with Crippen LogP contribution in [-0.2, 0) is 0 Å². The predicted molar refractivity (Wildman–Crippen MR) is 56.4 cm³/mol. The van der Waals surface area contributed by atoms with Crippen LogP contribution in [0.25, 0.3) is 0 Å². The van der Waals surface area contributed by atoms with E-state index < -0.39 is 0 Å². The summed E-state index contributed by atoms with van der Waals surface area (Å²) in [5.41, 5.74) is 1.58. The summed E-state index contributed by atoms with van der Waals surface area (Å²) in [6.45, 7) is 4.04. The topological polar surface area (TPSA) is 58.1 Å². The minimum atomic E-state index is -0.142. The van der Waals surface area contributed by atoms with Crippen molar-refractivity contribution in [1.82, 2.24) is 15.1 Å². The van der Waals surface area contributed by atoms with E-state index >= 15 is 0 Å². The molecule has 1 aromatic rings. The Morgan fingerprint density at radius 1 is 1.79 bits per heavy atom. The van der Waals surface area contributed by atoms with Crippen molar-refractivity contribution in [1.29, 1.82) is 0 Å². The summed E-state index contributed by atoms with van der Waals surface area (Å²) in [6, 6.07) is 0.0824. The highest BCUT2D eigenvalue weighted by molar-refractivity contribution is 7.13. The van der Waals surface area contributed by atoms with Gasteiger partial charge in [0.25, 0.3) is 0 Å². The van der Waals surface area contributed by atoms with Crippen LogP contribution in [0, 0.1) is 0 Å². The van der Waals surface area contributed by atoms with Gasteiger partial charge in [-0.1, -0.05) is 18.3 Å². The number of carbonyl (C=O) groups is 1. The van der Waals surface area contributed by atoms with E-state index in [1.807, 2.05) is 13.8 Å². The molecule has 1 aromatic heterocycles. The smallest absolute Gasteiger partial charge is 0.323 e. The van der Waals surface area contributed by atoms with Gasteiger partial charge in [-0.2, -0.15) is 0 Å². The molecule has 0 aliphatic carbocycles. The molecule has 5 nitrogen and oxygen atoms in total. The fraction of sp³-hybridized carbons (Fsp3) is 0.625. The Balaban J connectivity index is 2.50. The molecule has 0 unspecified atom stereocenters. The first-order valence-corrected chi connectivity index (χ1v) is 5.33. The normalized spacial score (nSPS) is 12.2. The number of carbonyl (C=O) groups excluding carboxylic acids is 1. The van der Waals surface area contributed by atoms with Crippen LogP contribution in [0.15, 0.2) is 5.51 Å². The lowest BCUT2D eigenvalue weighted by Gasteiger charge is -2.23. The SMILES string of the molecule is CC[C@H](C)N(C)C(=O)Nc1nncs1. The maximum atomic E-state index is 11.6. The third-order valence-electron chi connectivity index (χ3n) is 2.15. The fourth-order valence-corrected chi connectivity index (χ4v) is 1.32. The highest BCUT2D eigenvalue weighted by atomic mass is 32.1. The molecule has 1 heterocycles. The monoisotopic (exact) mass is 214 g/mol. The molecule has 0 aromatic carbocycles. The first-order valence-electron chi connectivity index (χ1n) is 4.45. The van der Waals surface area contributed by atoms with Gasteiger partial charge in [-0.15, -0.1) is 10.2 Å². The molecule has 2 amide bonds. The summed E-state index contributed by atoms with van der Waals surface area (Å²) in [4.78, 5) is 13.2. The summed E-state index contributed by atoms with van der Waals surface area (Å²) in [6.07, 6.45) is 0.931. The number of aromatic nitrogens is 2. The first kappa shape index (κ1) is 10.9. The second-order valence-corrected chi connectivity index (χ2v) is 3.88. The number of hydrogen-bond donors (Lipinski definition) is 1. The van der Waals surface area contributed by atoms with Crippen LogP contribution < -0.4 is 5.32 Å². The largest absolute Gasteiger partial charge is 0.325 e. The average molecular weight is 214 g/mol. The maximum absolute atomic E-state index is 11.6. The van der Waals surface area contributed by atoms with Crippen molar-refractivity contribution in [2.24, 2.45) is 0 Å². The van der Waals surface area contributed by atoms with Crippen molar-refractivity contribution in [3.8, 4) is 0 Å². The molecule has 78 valence electrons. The second kappa shape index (κ2) is 4.90. The van der Waals surface area contributed by atoms with E-state index in [1.165, 1.54) is 11.3 Å². The highest BCUT2D eigenvalue weighted by Crippen LogP contribution is 2.10. The van der Waals surface area contributed by atoms with Crippen LogP contribution >= 0.6 is 11.3 Å². The first-order chi connectivity index (χ1) is 6.65. The fourth-order valence-electron chi connectivity index (χ4n) is 0.881. The van der Waals surface area contributed by atoms with Crippen LogP contribution in [0.1, 0.15) is 20.3 Å². The summed E-state index contributed by atoms with van der Waals surface area (Å²) in [5.74, 6) is 0. The zero-order valence-corrected chi connectivity index (χ0v) is 9.34. The minimum absolute atomic E-state index is 0.142. The Kier molecular flexibility index (Phi) is 3.82. The zero-order chi connectivity index (χ0) is 10.6. The van der Waals surface area contributed by atoms with E-state index in [1.54, 1.807) is 17.5 Å². The van der Waals surface area contributed by atoms with Gasteiger partial charge in [0, 0.05) is 13.1 Å². The highest BCUT2D eigenvalue weighted by Gasteiger charge is 2.14. The lowest BCUT2D eigenvalue weighted by atomic mass is 10.2. The summed E-state index contributed by atoms with van der Waals surface area (Å²) < 4.78 is 0. The number of hydrogen-bond acceptors (Lipinski definition) is 4. The van der Waals surface area contributed by atoms with Crippen LogP contribution in [0.5, 0.6) is 0 Å². The number of anilines is 1. The van der Waals surface area contributed by atoms with Gasteiger partial charge in [0.15, 0.2) is 0 Å². The number of amides is 2. The van der Waals surface area contributed by atoms with Crippen molar-refractivity contribution in [2.75, 3.05) is 12.4 Å². The quantitative estimate of drug-likeness (QED) is 0.834. The molecule has 6 heteroatoms. The molecule has 1 rings (SSSR count). The van der Waals surface area contributed by atoms with Crippen LogP contribution in [0.2, 0.25) is 0 Å². The maximum Gasteiger partial charge on any atom is 0.323 e. The molecular formula is C8H14N4OS. The number of rotatable bonds is 3. The van der Waals surface area contributed by atoms with E-state index in [-0.39, 0.29) is 12.1 Å². The standard InChI is InChI=1S/C8H14N4OS/c1-4-6(2)12(3)8(13)10-7-11-9-5-14-7/h5-6H,4H2,1-3H3,(H,10,11,13)/t6-/m0/s1. The molecule has 0 fully saturated rings. The Morgan fingerprint density at radius 2 is 2.50 bits per heavy atom. The number of nitrogens with one attached hydrogen (secondary N) is 1. The molecule has 1 N–H and O–H groups in total. The number of nitrogens with zero attached hydrogens (tertiary/aromatic N) is 3. The molecular weight excluding hydrogens is 200 g/mol. The Labute approximate surface area is 87.1 Å². The molecule has 0 aliphatic heterocycles. The summed E-state index contributed by atoms with van der Waals surface area (Å²) in [5, 5.41) is 10.6. The third kappa shape index (κ3) is 2.66. The molecule has 0 bridgehead atoms. The van der Waals surface area contributed by atoms with Crippen molar-refractivity contribution >= 4 is 22.5 Å². The van der Waals surface area contributed by atoms with Gasteiger partial charge in [-0.3, -0.25) is 5.32 Å². The van der Waals surface area contributed by atoms with E-state index in [0.29, 0.717) is 5.13 Å². The summed E-state index contributed by atoms with van der Waals surface area (Å²) >= 11 is 1.31. The van der Waals surface area contributed by atoms with Gasteiger partial charge in [0.2, 0.25) is 5.13 Å². The molecule has 0 saturated carbocycles. The Morgan fingerprint density at radius 3 is 3.00 bits per heavy atom. The minimum Gasteiger partial charge on any atom is -0.325 e. The number of urea groups is 1. The van der Waals surface area contributed by atoms with Crippen LogP contribution in [0.4, 0.5) is 9.93 Å². The second-order valence-electron chi connectivity index (χ2n) is 3.04. The Hall–Kier alpha value is -1.17. The van der Waals surface area contributed by atoms with Gasteiger partial charge in [-0.05, 0) is 13.3 Å². The van der Waals surface area contributed by atoms with Crippen LogP contribution in [0.3, 0.4) is 0 Å². The molecule has 0 spiro atoms. The van der Waals surface area contributed by atoms with Gasteiger partial charge in [-0.25, -0.2) is 4.79 Å². The van der Waals surface area contributed by atoms with Gasteiger partial charge < -0.3 is 4.90 Å². The summed E-state index contributed by atoms with van der Waals surface area (Å²) in [7, 11) is 1.77. The van der Waals surface area contributed by atoms with Gasteiger partial charge >= 0.3 is 6.03 Å². The lowest BCUT2D eigenvalue weighted by Crippen LogP contribution is -2.37. The molecule has 0 radical (unpaired) electrons. The zero-order valence-electron chi connectivity index (χ0n) is 8.52.